The van der Waals surface area contributed by atoms with Crippen molar-refractivity contribution in [3.63, 3.8) is 0 Å². The second kappa shape index (κ2) is 10.8. The average Bonchev–Trinajstić information content (AvgIpc) is 3.26. The highest BCUT2D eigenvalue weighted by atomic mass is 127. The number of aromatic amines is 1. The van der Waals surface area contributed by atoms with Crippen molar-refractivity contribution in [2.75, 3.05) is 32.7 Å². The number of aromatic nitrogens is 1. The van der Waals surface area contributed by atoms with Gasteiger partial charge in [0.1, 0.15) is 5.82 Å². The Bertz CT molecular complexity index is 745. The Balaban J connectivity index is 0.00000261. The molecule has 27 heavy (non-hydrogen) atoms. The number of hydrogen-bond donors (Lipinski definition) is 3. The smallest absolute Gasteiger partial charge is 0.191 e. The van der Waals surface area contributed by atoms with E-state index in [1.54, 1.807) is 12.1 Å². The molecule has 2 aromatic rings. The third kappa shape index (κ3) is 5.81. The van der Waals surface area contributed by atoms with Gasteiger partial charge in [0.25, 0.3) is 0 Å². The fourth-order valence-corrected chi connectivity index (χ4v) is 3.73. The van der Waals surface area contributed by atoms with Crippen LogP contribution in [0.1, 0.15) is 32.3 Å². The molecule has 1 aromatic heterocycles. The number of likely N-dealkylation sites (tertiary alicyclic amines) is 1. The molecule has 0 bridgehead atoms. The first-order valence-corrected chi connectivity index (χ1v) is 9.73. The van der Waals surface area contributed by atoms with E-state index in [4.69, 9.17) is 4.99 Å². The van der Waals surface area contributed by atoms with Gasteiger partial charge in [-0.25, -0.2) is 4.39 Å². The summed E-state index contributed by atoms with van der Waals surface area (Å²) in [4.78, 5) is 10.5. The van der Waals surface area contributed by atoms with E-state index in [2.05, 4.69) is 34.4 Å². The molecule has 1 unspecified atom stereocenters. The zero-order valence-corrected chi connectivity index (χ0v) is 18.6. The van der Waals surface area contributed by atoms with E-state index in [0.29, 0.717) is 6.04 Å². The van der Waals surface area contributed by atoms with Crippen LogP contribution in [0.4, 0.5) is 4.39 Å². The predicted octanol–water partition coefficient (Wildman–Crippen LogP) is 3.51. The van der Waals surface area contributed by atoms with Crippen molar-refractivity contribution in [3.05, 3.63) is 35.8 Å². The van der Waals surface area contributed by atoms with Crippen LogP contribution in [-0.4, -0.2) is 54.6 Å². The SMILES string of the molecule is CCNC(=NCC1CCCN1CC)NCCc1c[nH]c2ccc(F)cc12.I. The molecule has 1 aromatic carbocycles. The van der Waals surface area contributed by atoms with E-state index in [1.165, 1.54) is 25.5 Å². The Labute approximate surface area is 178 Å². The van der Waals surface area contributed by atoms with Crippen LogP contribution >= 0.6 is 24.0 Å². The molecule has 0 aliphatic carbocycles. The molecule has 1 aliphatic heterocycles. The molecule has 1 aliphatic rings. The van der Waals surface area contributed by atoms with Crippen molar-refractivity contribution in [2.24, 2.45) is 4.99 Å². The normalized spacial score (nSPS) is 17.9. The van der Waals surface area contributed by atoms with Crippen molar-refractivity contribution < 1.29 is 4.39 Å². The predicted molar refractivity (Wildman–Crippen MR) is 122 cm³/mol. The van der Waals surface area contributed by atoms with Crippen molar-refractivity contribution in [3.8, 4) is 0 Å². The zero-order chi connectivity index (χ0) is 18.4. The minimum absolute atomic E-state index is 0. The summed E-state index contributed by atoms with van der Waals surface area (Å²) in [5, 5.41) is 7.68. The Kier molecular flexibility index (Phi) is 8.82. The van der Waals surface area contributed by atoms with Gasteiger partial charge in [0, 0.05) is 36.2 Å². The van der Waals surface area contributed by atoms with Gasteiger partial charge in [0.2, 0.25) is 0 Å². The number of nitrogens with zero attached hydrogens (tertiary/aromatic N) is 2. The molecule has 0 spiro atoms. The molecular formula is C20H31FIN5. The molecule has 0 saturated carbocycles. The quantitative estimate of drug-likeness (QED) is 0.319. The molecule has 2 heterocycles. The maximum Gasteiger partial charge on any atom is 0.191 e. The summed E-state index contributed by atoms with van der Waals surface area (Å²) in [6, 6.07) is 5.43. The van der Waals surface area contributed by atoms with Crippen LogP contribution in [0.15, 0.2) is 29.4 Å². The molecule has 0 amide bonds. The summed E-state index contributed by atoms with van der Waals surface area (Å²) in [6.07, 6.45) is 5.29. The van der Waals surface area contributed by atoms with Crippen molar-refractivity contribution in [1.82, 2.24) is 20.5 Å². The summed E-state index contributed by atoms with van der Waals surface area (Å²) in [7, 11) is 0. The first kappa shape index (κ1) is 21.9. The molecule has 1 fully saturated rings. The Morgan fingerprint density at radius 2 is 2.19 bits per heavy atom. The summed E-state index contributed by atoms with van der Waals surface area (Å²) in [5.41, 5.74) is 2.10. The summed E-state index contributed by atoms with van der Waals surface area (Å²) in [6.45, 7) is 9.02. The van der Waals surface area contributed by atoms with Gasteiger partial charge < -0.3 is 15.6 Å². The number of hydrogen-bond acceptors (Lipinski definition) is 2. The number of fused-ring (bicyclic) bond motifs is 1. The van der Waals surface area contributed by atoms with Crippen molar-refractivity contribution in [1.29, 1.82) is 0 Å². The highest BCUT2D eigenvalue weighted by Crippen LogP contribution is 2.19. The summed E-state index contributed by atoms with van der Waals surface area (Å²) < 4.78 is 13.5. The second-order valence-electron chi connectivity index (χ2n) is 6.82. The first-order chi connectivity index (χ1) is 12.7. The lowest BCUT2D eigenvalue weighted by molar-refractivity contribution is 0.273. The number of guanidine groups is 1. The topological polar surface area (TPSA) is 55.5 Å². The lowest BCUT2D eigenvalue weighted by atomic mass is 10.1. The number of H-pyrrole nitrogens is 1. The number of nitrogens with one attached hydrogen (secondary N) is 3. The number of rotatable bonds is 7. The van der Waals surface area contributed by atoms with E-state index in [9.17, 15) is 4.39 Å². The van der Waals surface area contributed by atoms with Gasteiger partial charge in [-0.2, -0.15) is 0 Å². The van der Waals surface area contributed by atoms with Gasteiger partial charge in [-0.15, -0.1) is 24.0 Å². The monoisotopic (exact) mass is 487 g/mol. The van der Waals surface area contributed by atoms with Gasteiger partial charge in [0.15, 0.2) is 5.96 Å². The first-order valence-electron chi connectivity index (χ1n) is 9.73. The van der Waals surface area contributed by atoms with E-state index < -0.39 is 0 Å². The molecule has 3 N–H and O–H groups in total. The van der Waals surface area contributed by atoms with Crippen LogP contribution in [0.3, 0.4) is 0 Å². The molecular weight excluding hydrogens is 456 g/mol. The maximum atomic E-state index is 13.5. The lowest BCUT2D eigenvalue weighted by Crippen LogP contribution is -2.40. The van der Waals surface area contributed by atoms with Crippen LogP contribution in [0, 0.1) is 5.82 Å². The Hall–Kier alpha value is -1.35. The molecule has 5 nitrogen and oxygen atoms in total. The van der Waals surface area contributed by atoms with Crippen LogP contribution in [-0.2, 0) is 6.42 Å². The lowest BCUT2D eigenvalue weighted by Gasteiger charge is -2.21. The number of aliphatic imine (C=N–C) groups is 1. The van der Waals surface area contributed by atoms with Gasteiger partial charge in [-0.3, -0.25) is 9.89 Å². The molecule has 1 saturated heterocycles. The largest absolute Gasteiger partial charge is 0.361 e. The highest BCUT2D eigenvalue weighted by Gasteiger charge is 2.22. The fourth-order valence-electron chi connectivity index (χ4n) is 3.73. The highest BCUT2D eigenvalue weighted by molar-refractivity contribution is 14.0. The average molecular weight is 487 g/mol. The number of likely N-dealkylation sites (N-methyl/N-ethyl adjacent to an activating group) is 1. The summed E-state index contributed by atoms with van der Waals surface area (Å²) >= 11 is 0. The molecule has 1 atom stereocenters. The second-order valence-corrected chi connectivity index (χ2v) is 6.82. The van der Waals surface area contributed by atoms with Crippen LogP contribution in [0.5, 0.6) is 0 Å². The minimum atomic E-state index is -0.196. The van der Waals surface area contributed by atoms with Gasteiger partial charge in [-0.05, 0) is 63.0 Å². The molecule has 150 valence electrons. The van der Waals surface area contributed by atoms with E-state index in [-0.39, 0.29) is 29.8 Å². The third-order valence-electron chi connectivity index (χ3n) is 5.13. The standard InChI is InChI=1S/C20H30FN5.HI/c1-3-22-20(25-14-17-6-5-11-26(17)4-2)23-10-9-15-13-24-19-8-7-16(21)12-18(15)19;/h7-8,12-13,17,24H,3-6,9-11,14H2,1-2H3,(H2,22,23,25);1H. The van der Waals surface area contributed by atoms with Crippen LogP contribution in [0.25, 0.3) is 10.9 Å². The van der Waals surface area contributed by atoms with E-state index >= 15 is 0 Å². The van der Waals surface area contributed by atoms with Crippen LogP contribution in [0.2, 0.25) is 0 Å². The molecule has 7 heteroatoms. The van der Waals surface area contributed by atoms with E-state index in [1.807, 2.05) is 6.20 Å². The summed E-state index contributed by atoms with van der Waals surface area (Å²) in [5.74, 6) is 0.666. The number of halogens is 2. The number of benzene rings is 1. The van der Waals surface area contributed by atoms with Crippen LogP contribution < -0.4 is 10.6 Å². The Morgan fingerprint density at radius 1 is 1.33 bits per heavy atom. The third-order valence-corrected chi connectivity index (χ3v) is 5.13. The molecule has 0 radical (unpaired) electrons. The van der Waals surface area contributed by atoms with Gasteiger partial charge in [-0.1, -0.05) is 6.92 Å². The van der Waals surface area contributed by atoms with E-state index in [0.717, 1.165) is 55.0 Å². The van der Waals surface area contributed by atoms with Gasteiger partial charge in [0.05, 0.1) is 6.54 Å². The molecule has 3 rings (SSSR count). The van der Waals surface area contributed by atoms with Gasteiger partial charge >= 0.3 is 0 Å². The zero-order valence-electron chi connectivity index (χ0n) is 16.2. The van der Waals surface area contributed by atoms with Crippen molar-refractivity contribution in [2.45, 2.75) is 39.2 Å². The van der Waals surface area contributed by atoms with Crippen molar-refractivity contribution >= 4 is 40.8 Å². The fraction of sp³-hybridized carbons (Fsp3) is 0.550. The maximum absolute atomic E-state index is 13.5. The minimum Gasteiger partial charge on any atom is -0.361 e. The Morgan fingerprint density at radius 3 is 2.96 bits per heavy atom.